The molecule has 68 heavy (non-hydrogen) atoms. The second-order valence-corrected chi connectivity index (χ2v) is 19.3. The van der Waals surface area contributed by atoms with E-state index in [1.54, 1.807) is 0 Å². The normalized spacial score (nSPS) is 14.5. The fourth-order valence-electron chi connectivity index (χ4n) is 7.22. The Morgan fingerprint density at radius 1 is 0.456 bits per heavy atom. The van der Waals surface area contributed by atoms with Crippen LogP contribution in [0.5, 0.6) is 0 Å². The van der Waals surface area contributed by atoms with E-state index >= 15 is 0 Å². The number of aliphatic hydroxyl groups is 2. The summed E-state index contributed by atoms with van der Waals surface area (Å²) in [5.74, 6) is -0.390. The molecule has 0 bridgehead atoms. The van der Waals surface area contributed by atoms with E-state index in [1.165, 1.54) is 96.3 Å². The minimum atomic E-state index is -4.53. The number of carbonyl (C=O) groups excluding carboxylic acids is 1. The Hall–Kier alpha value is -2.62. The molecule has 0 heterocycles. The number of hydrogen-bond donors (Lipinski definition) is 3. The Bertz CT molecular complexity index is 1380. The molecule has 0 aliphatic rings. The molecule has 0 aromatic rings. The Labute approximate surface area is 417 Å². The van der Waals surface area contributed by atoms with Gasteiger partial charge in [-0.05, 0) is 89.9 Å². The molecule has 9 nitrogen and oxygen atoms in total. The van der Waals surface area contributed by atoms with Gasteiger partial charge in [0, 0.05) is 13.0 Å². The molecule has 0 radical (unpaired) electrons. The molecule has 0 saturated heterocycles. The van der Waals surface area contributed by atoms with Gasteiger partial charge in [0.1, 0.15) is 12.2 Å². The van der Waals surface area contributed by atoms with Crippen molar-refractivity contribution in [1.29, 1.82) is 0 Å². The topological polar surface area (TPSA) is 132 Å². The molecule has 3 N–H and O–H groups in total. The van der Waals surface area contributed by atoms with Gasteiger partial charge < -0.3 is 24.6 Å². The third-order valence-electron chi connectivity index (χ3n) is 11.3. The highest BCUT2D eigenvalue weighted by atomic mass is 31.2. The predicted molar refractivity (Wildman–Crippen MR) is 288 cm³/mol. The molecular formula is C58H101O9P. The minimum Gasteiger partial charge on any atom is -0.457 e. The van der Waals surface area contributed by atoms with Gasteiger partial charge in [0.15, 0.2) is 0 Å². The molecule has 3 unspecified atom stereocenters. The highest BCUT2D eigenvalue weighted by Crippen LogP contribution is 2.43. The Morgan fingerprint density at radius 3 is 1.19 bits per heavy atom. The van der Waals surface area contributed by atoms with E-state index in [9.17, 15) is 19.4 Å². The first-order chi connectivity index (χ1) is 33.3. The Kier molecular flexibility index (Phi) is 51.7. The van der Waals surface area contributed by atoms with Crippen LogP contribution in [0.25, 0.3) is 0 Å². The van der Waals surface area contributed by atoms with Crippen molar-refractivity contribution in [2.24, 2.45) is 0 Å². The lowest BCUT2D eigenvalue weighted by Crippen LogP contribution is -2.29. The van der Waals surface area contributed by atoms with Crippen molar-refractivity contribution >= 4 is 13.8 Å². The number of hydrogen-bond acceptors (Lipinski definition) is 8. The zero-order valence-electron chi connectivity index (χ0n) is 43.3. The summed E-state index contributed by atoms with van der Waals surface area (Å²) < 4.78 is 33.6. The van der Waals surface area contributed by atoms with E-state index in [-0.39, 0.29) is 19.6 Å². The van der Waals surface area contributed by atoms with Crippen molar-refractivity contribution in [2.75, 3.05) is 33.0 Å². The van der Waals surface area contributed by atoms with Gasteiger partial charge in [-0.25, -0.2) is 4.57 Å². The second-order valence-electron chi connectivity index (χ2n) is 17.8. The summed E-state index contributed by atoms with van der Waals surface area (Å²) in [6.07, 6.45) is 69.5. The molecule has 392 valence electrons. The highest BCUT2D eigenvalue weighted by molar-refractivity contribution is 7.47. The van der Waals surface area contributed by atoms with Crippen molar-refractivity contribution in [3.63, 3.8) is 0 Å². The zero-order chi connectivity index (χ0) is 49.5. The molecule has 0 spiro atoms. The summed E-state index contributed by atoms with van der Waals surface area (Å²) in [5.41, 5.74) is 0. The van der Waals surface area contributed by atoms with Gasteiger partial charge in [-0.1, -0.05) is 220 Å². The predicted octanol–water partition coefficient (Wildman–Crippen LogP) is 16.4. The highest BCUT2D eigenvalue weighted by Gasteiger charge is 2.26. The van der Waals surface area contributed by atoms with E-state index in [4.69, 9.17) is 23.6 Å². The van der Waals surface area contributed by atoms with Crippen molar-refractivity contribution < 1.29 is 43.0 Å². The second kappa shape index (κ2) is 53.7. The molecule has 10 heteroatoms. The van der Waals surface area contributed by atoms with Crippen LogP contribution in [-0.2, 0) is 27.9 Å². The maximum absolute atomic E-state index is 12.7. The minimum absolute atomic E-state index is 0.0406. The molecular weight excluding hydrogens is 872 g/mol. The summed E-state index contributed by atoms with van der Waals surface area (Å²) in [7, 11) is -4.53. The average Bonchev–Trinajstić information content (AvgIpc) is 3.33. The number of phosphoric ester groups is 1. The lowest BCUT2D eigenvalue weighted by molar-refractivity contribution is -0.154. The van der Waals surface area contributed by atoms with Crippen molar-refractivity contribution in [3.8, 4) is 0 Å². The van der Waals surface area contributed by atoms with Gasteiger partial charge in [0.2, 0.25) is 0 Å². The van der Waals surface area contributed by atoms with Crippen LogP contribution in [0.1, 0.15) is 219 Å². The van der Waals surface area contributed by atoms with Crippen LogP contribution in [0, 0.1) is 0 Å². The third-order valence-corrected chi connectivity index (χ3v) is 12.2. The smallest absolute Gasteiger partial charge is 0.457 e. The number of aliphatic hydroxyl groups excluding tert-OH is 2. The van der Waals surface area contributed by atoms with Gasteiger partial charge >= 0.3 is 13.8 Å². The zero-order valence-corrected chi connectivity index (χ0v) is 44.2. The van der Waals surface area contributed by atoms with Crippen molar-refractivity contribution in [1.82, 2.24) is 0 Å². The van der Waals surface area contributed by atoms with Crippen LogP contribution >= 0.6 is 7.82 Å². The summed E-state index contributed by atoms with van der Waals surface area (Å²) >= 11 is 0. The molecule has 0 aliphatic carbocycles. The number of esters is 1. The lowest BCUT2D eigenvalue weighted by atomic mass is 10.0. The number of carbonyl (C=O) groups is 1. The molecule has 0 aromatic carbocycles. The van der Waals surface area contributed by atoms with Crippen LogP contribution in [0.4, 0.5) is 0 Å². The fourth-order valence-corrected chi connectivity index (χ4v) is 8.01. The lowest BCUT2D eigenvalue weighted by Gasteiger charge is -2.20. The maximum atomic E-state index is 12.7. The van der Waals surface area contributed by atoms with E-state index in [0.717, 1.165) is 103 Å². The molecule has 0 saturated carbocycles. The van der Waals surface area contributed by atoms with Gasteiger partial charge in [0.25, 0.3) is 0 Å². The number of unbranched alkanes of at least 4 members (excludes halogenated alkanes) is 21. The Balaban J connectivity index is 4.07. The standard InChI is InChI=1S/C58H101O9P/c1-3-5-7-9-11-13-15-17-19-21-23-25-27-29-31-33-35-37-39-41-43-45-47-49-51-64-54-57(55-66-68(62,63)65-53-56(60)52-59)67-58(61)50-48-46-44-42-40-38-36-34-32-30-28-26-24-22-20-18-16-14-12-10-8-6-4-2/h5-8,11-14,17-20,23-26,56-57,59-60H,3-4,9-10,15-16,21-22,27-55H2,1-2H3,(H,62,63)/b7-5-,8-6-,13-11-,14-12-,19-17-,20-18-,25-23-,26-24-. The van der Waals surface area contributed by atoms with Crippen LogP contribution in [0.15, 0.2) is 97.2 Å². The van der Waals surface area contributed by atoms with Gasteiger partial charge in [-0.2, -0.15) is 0 Å². The summed E-state index contributed by atoms with van der Waals surface area (Å²) in [4.78, 5) is 22.8. The van der Waals surface area contributed by atoms with Crippen molar-refractivity contribution in [2.45, 2.75) is 232 Å². The van der Waals surface area contributed by atoms with E-state index < -0.39 is 39.2 Å². The number of phosphoric acid groups is 1. The average molecular weight is 973 g/mol. The van der Waals surface area contributed by atoms with E-state index in [0.29, 0.717) is 6.61 Å². The monoisotopic (exact) mass is 973 g/mol. The van der Waals surface area contributed by atoms with Gasteiger partial charge in [-0.15, -0.1) is 0 Å². The van der Waals surface area contributed by atoms with Crippen LogP contribution in [0.3, 0.4) is 0 Å². The summed E-state index contributed by atoms with van der Waals surface area (Å²) in [6.45, 7) is 3.29. The molecule has 0 aromatic heterocycles. The molecule has 0 rings (SSSR count). The summed E-state index contributed by atoms with van der Waals surface area (Å²) in [6, 6.07) is 0. The largest absolute Gasteiger partial charge is 0.472 e. The first-order valence-corrected chi connectivity index (χ1v) is 28.7. The third kappa shape index (κ3) is 52.7. The van der Waals surface area contributed by atoms with Crippen LogP contribution < -0.4 is 0 Å². The van der Waals surface area contributed by atoms with E-state index in [2.05, 4.69) is 111 Å². The number of rotatable bonds is 51. The molecule has 3 atom stereocenters. The quantitative estimate of drug-likeness (QED) is 0.0236. The van der Waals surface area contributed by atoms with Crippen LogP contribution in [-0.4, -0.2) is 66.3 Å². The van der Waals surface area contributed by atoms with Gasteiger partial charge in [0.05, 0.1) is 26.4 Å². The molecule has 0 aliphatic heterocycles. The summed E-state index contributed by atoms with van der Waals surface area (Å²) in [5, 5.41) is 18.5. The van der Waals surface area contributed by atoms with Crippen LogP contribution in [0.2, 0.25) is 0 Å². The first-order valence-electron chi connectivity index (χ1n) is 27.2. The molecule has 0 fully saturated rings. The number of ether oxygens (including phenoxy) is 2. The first kappa shape index (κ1) is 65.4. The number of allylic oxidation sites excluding steroid dienone is 16. The Morgan fingerprint density at radius 2 is 0.794 bits per heavy atom. The SMILES string of the molecule is CC/C=C\C/C=C\C/C=C\C/C=C\CCCCCCCCCCCCCOCC(COP(=O)(O)OCC(O)CO)OC(=O)CCCCCCCCCCCC/C=C\C/C=C\C/C=C\C/C=C\CC. The fraction of sp³-hybridized carbons (Fsp3) is 0.707. The van der Waals surface area contributed by atoms with Gasteiger partial charge in [-0.3, -0.25) is 13.8 Å². The van der Waals surface area contributed by atoms with E-state index in [1.807, 2.05) is 0 Å². The molecule has 0 amide bonds. The maximum Gasteiger partial charge on any atom is 0.472 e. The van der Waals surface area contributed by atoms with Crippen molar-refractivity contribution in [3.05, 3.63) is 97.2 Å².